The number of imide groups is 1. The van der Waals surface area contributed by atoms with Gasteiger partial charge in [0.1, 0.15) is 11.4 Å². The summed E-state index contributed by atoms with van der Waals surface area (Å²) in [5, 5.41) is 2.87. The molecule has 3 amide bonds. The topological polar surface area (TPSA) is 49.4 Å². The Hall–Kier alpha value is -2.34. The van der Waals surface area contributed by atoms with Crippen LogP contribution in [0.4, 0.5) is 9.18 Å². The molecule has 4 rings (SSSR count). The van der Waals surface area contributed by atoms with Crippen molar-refractivity contribution in [1.82, 2.24) is 10.2 Å². The second-order valence-electron chi connectivity index (χ2n) is 7.15. The van der Waals surface area contributed by atoms with Crippen molar-refractivity contribution in [1.29, 1.82) is 0 Å². The number of hydrogen-bond donors (Lipinski definition) is 1. The predicted octanol–water partition coefficient (Wildman–Crippen LogP) is 3.87. The molecule has 2 aromatic rings. The van der Waals surface area contributed by atoms with Gasteiger partial charge in [-0.3, -0.25) is 9.69 Å². The van der Waals surface area contributed by atoms with Crippen LogP contribution in [0.15, 0.2) is 47.4 Å². The lowest BCUT2D eigenvalue weighted by Gasteiger charge is -2.23. The number of benzene rings is 2. The van der Waals surface area contributed by atoms with E-state index in [1.165, 1.54) is 39.9 Å². The van der Waals surface area contributed by atoms with Gasteiger partial charge in [0, 0.05) is 17.2 Å². The highest BCUT2D eigenvalue weighted by molar-refractivity contribution is 7.99. The molecule has 2 aromatic carbocycles. The Morgan fingerprint density at radius 1 is 1.11 bits per heavy atom. The van der Waals surface area contributed by atoms with Gasteiger partial charge in [-0.15, -0.1) is 11.8 Å². The van der Waals surface area contributed by atoms with Gasteiger partial charge in [0.25, 0.3) is 5.91 Å². The lowest BCUT2D eigenvalue weighted by Crippen LogP contribution is -2.41. The highest BCUT2D eigenvalue weighted by Crippen LogP contribution is 2.33. The van der Waals surface area contributed by atoms with Crippen LogP contribution in [0.2, 0.25) is 0 Å². The van der Waals surface area contributed by atoms with E-state index in [2.05, 4.69) is 17.4 Å². The minimum atomic E-state index is -1.02. The Balaban J connectivity index is 1.45. The van der Waals surface area contributed by atoms with Gasteiger partial charge in [0.05, 0.1) is 0 Å². The van der Waals surface area contributed by atoms with Crippen LogP contribution in [-0.2, 0) is 23.2 Å². The number of aryl methyl sites for hydroxylation is 2. The van der Waals surface area contributed by atoms with Crippen molar-refractivity contribution >= 4 is 23.7 Å². The van der Waals surface area contributed by atoms with Crippen molar-refractivity contribution in [3.63, 3.8) is 0 Å². The number of carbonyl (C=O) groups excluding carboxylic acids is 2. The molecule has 1 saturated heterocycles. The Kier molecular flexibility index (Phi) is 4.68. The minimum Gasteiger partial charge on any atom is -0.319 e. The summed E-state index contributed by atoms with van der Waals surface area (Å²) < 4.78 is 13.0. The van der Waals surface area contributed by atoms with E-state index in [1.54, 1.807) is 19.1 Å². The summed E-state index contributed by atoms with van der Waals surface area (Å²) in [5.74, 6) is 0.0640. The predicted molar refractivity (Wildman–Crippen MR) is 103 cm³/mol. The number of amides is 3. The van der Waals surface area contributed by atoms with E-state index in [4.69, 9.17) is 0 Å². The van der Waals surface area contributed by atoms with Crippen LogP contribution in [0.1, 0.15) is 30.0 Å². The molecule has 1 aliphatic carbocycles. The standard InChI is InChI=1S/C21H21FN2O2S/c1-21(16-6-5-14-3-2-4-15(14)13-16)19(25)24(20(26)23-21)11-12-27-18-9-7-17(22)8-10-18/h5-10,13H,2-4,11-12H2,1H3,(H,23,26). The molecule has 27 heavy (non-hydrogen) atoms. The summed E-state index contributed by atoms with van der Waals surface area (Å²) in [4.78, 5) is 27.6. The number of urea groups is 1. The SMILES string of the molecule is CC1(c2ccc3c(c2)CCC3)NC(=O)N(CCSc2ccc(F)cc2)C1=O. The number of thioether (sulfide) groups is 1. The number of hydrogen-bond acceptors (Lipinski definition) is 3. The van der Waals surface area contributed by atoms with E-state index in [0.29, 0.717) is 12.3 Å². The van der Waals surface area contributed by atoms with Gasteiger partial charge in [-0.1, -0.05) is 18.2 Å². The molecule has 1 heterocycles. The van der Waals surface area contributed by atoms with Crippen LogP contribution in [0.25, 0.3) is 0 Å². The lowest BCUT2D eigenvalue weighted by atomic mass is 9.90. The molecule has 6 heteroatoms. The first-order valence-electron chi connectivity index (χ1n) is 9.12. The van der Waals surface area contributed by atoms with Gasteiger partial charge >= 0.3 is 6.03 Å². The zero-order chi connectivity index (χ0) is 19.0. The summed E-state index contributed by atoms with van der Waals surface area (Å²) in [7, 11) is 0. The molecule has 0 radical (unpaired) electrons. The molecule has 140 valence electrons. The summed E-state index contributed by atoms with van der Waals surface area (Å²) in [5.41, 5.74) is 2.44. The number of carbonyl (C=O) groups is 2. The second kappa shape index (κ2) is 7.00. The molecule has 0 saturated carbocycles. The zero-order valence-electron chi connectivity index (χ0n) is 15.1. The monoisotopic (exact) mass is 384 g/mol. The molecule has 4 nitrogen and oxygen atoms in total. The van der Waals surface area contributed by atoms with Crippen molar-refractivity contribution in [2.24, 2.45) is 0 Å². The highest BCUT2D eigenvalue weighted by Gasteiger charge is 2.48. The first-order valence-corrected chi connectivity index (χ1v) is 10.1. The van der Waals surface area contributed by atoms with Crippen LogP contribution < -0.4 is 5.32 Å². The zero-order valence-corrected chi connectivity index (χ0v) is 15.9. The summed E-state index contributed by atoms with van der Waals surface area (Å²) in [6.07, 6.45) is 3.25. The van der Waals surface area contributed by atoms with Crippen molar-refractivity contribution in [3.8, 4) is 0 Å². The first kappa shape index (κ1) is 18.0. The first-order chi connectivity index (χ1) is 13.0. The van der Waals surface area contributed by atoms with Crippen molar-refractivity contribution in [2.45, 2.75) is 36.6 Å². The van der Waals surface area contributed by atoms with E-state index in [1.807, 2.05) is 6.07 Å². The normalized spacial score (nSPS) is 21.5. The number of rotatable bonds is 5. The smallest absolute Gasteiger partial charge is 0.319 e. The maximum Gasteiger partial charge on any atom is 0.325 e. The van der Waals surface area contributed by atoms with E-state index in [-0.39, 0.29) is 17.8 Å². The fraction of sp³-hybridized carbons (Fsp3) is 0.333. The molecule has 1 atom stereocenters. The third-order valence-electron chi connectivity index (χ3n) is 5.35. The third-order valence-corrected chi connectivity index (χ3v) is 6.34. The Labute approximate surface area is 162 Å². The van der Waals surface area contributed by atoms with Crippen LogP contribution in [0.3, 0.4) is 0 Å². The molecule has 2 aliphatic rings. The van der Waals surface area contributed by atoms with Crippen molar-refractivity contribution < 1.29 is 14.0 Å². The highest BCUT2D eigenvalue weighted by atomic mass is 32.2. The molecule has 1 unspecified atom stereocenters. The average molecular weight is 384 g/mol. The molecule has 0 spiro atoms. The molecule has 0 aromatic heterocycles. The Morgan fingerprint density at radius 3 is 2.63 bits per heavy atom. The average Bonchev–Trinajstić information content (AvgIpc) is 3.21. The fourth-order valence-electron chi connectivity index (χ4n) is 3.76. The molecular formula is C21H21FN2O2S. The maximum absolute atomic E-state index is 13.0. The van der Waals surface area contributed by atoms with Gasteiger partial charge < -0.3 is 5.32 Å². The fourth-order valence-corrected chi connectivity index (χ4v) is 4.60. The minimum absolute atomic E-state index is 0.217. The molecule has 1 N–H and O–H groups in total. The lowest BCUT2D eigenvalue weighted by molar-refractivity contribution is -0.130. The quantitative estimate of drug-likeness (QED) is 0.629. The Morgan fingerprint density at radius 2 is 1.85 bits per heavy atom. The van der Waals surface area contributed by atoms with E-state index >= 15 is 0 Å². The van der Waals surface area contributed by atoms with E-state index in [0.717, 1.165) is 29.7 Å². The molecule has 1 fully saturated rings. The number of nitrogens with one attached hydrogen (secondary N) is 1. The molecule has 0 bridgehead atoms. The molecule has 1 aliphatic heterocycles. The van der Waals surface area contributed by atoms with E-state index in [9.17, 15) is 14.0 Å². The molecular weight excluding hydrogens is 363 g/mol. The maximum atomic E-state index is 13.0. The second-order valence-corrected chi connectivity index (χ2v) is 8.32. The number of fused-ring (bicyclic) bond motifs is 1. The van der Waals surface area contributed by atoms with Gasteiger partial charge in [-0.05, 0) is 67.1 Å². The van der Waals surface area contributed by atoms with Crippen LogP contribution in [0, 0.1) is 5.82 Å². The van der Waals surface area contributed by atoms with Gasteiger partial charge in [-0.2, -0.15) is 0 Å². The number of nitrogens with zero attached hydrogens (tertiary/aromatic N) is 1. The van der Waals surface area contributed by atoms with Crippen molar-refractivity contribution in [2.75, 3.05) is 12.3 Å². The largest absolute Gasteiger partial charge is 0.325 e. The summed E-state index contributed by atoms with van der Waals surface area (Å²) in [6.45, 7) is 2.09. The van der Waals surface area contributed by atoms with Crippen LogP contribution in [-0.4, -0.2) is 29.1 Å². The van der Waals surface area contributed by atoms with Gasteiger partial charge in [0.2, 0.25) is 0 Å². The van der Waals surface area contributed by atoms with E-state index < -0.39 is 5.54 Å². The van der Waals surface area contributed by atoms with Crippen LogP contribution in [0.5, 0.6) is 0 Å². The van der Waals surface area contributed by atoms with Crippen molar-refractivity contribution in [3.05, 3.63) is 65.0 Å². The Bertz CT molecular complexity index is 900. The van der Waals surface area contributed by atoms with Gasteiger partial charge in [-0.25, -0.2) is 9.18 Å². The summed E-state index contributed by atoms with van der Waals surface area (Å²) >= 11 is 1.49. The van der Waals surface area contributed by atoms with Crippen LogP contribution >= 0.6 is 11.8 Å². The number of halogens is 1. The van der Waals surface area contributed by atoms with Gasteiger partial charge in [0.15, 0.2) is 0 Å². The summed E-state index contributed by atoms with van der Waals surface area (Å²) in [6, 6.07) is 11.9. The third kappa shape index (κ3) is 3.34.